The predicted molar refractivity (Wildman–Crippen MR) is 97.0 cm³/mol. The molecule has 3 rings (SSSR count). The van der Waals surface area contributed by atoms with Gasteiger partial charge in [0.15, 0.2) is 5.13 Å². The maximum atomic E-state index is 12.1. The van der Waals surface area contributed by atoms with Crippen molar-refractivity contribution in [2.45, 2.75) is 57.5 Å². The zero-order chi connectivity index (χ0) is 17.8. The Kier molecular flexibility index (Phi) is 5.90. The number of nitrogens with zero attached hydrogens (tertiary/aromatic N) is 2. The molecule has 138 valence electrons. The average Bonchev–Trinajstić information content (AvgIpc) is 3.21. The van der Waals surface area contributed by atoms with Gasteiger partial charge in [-0.15, -0.1) is 11.3 Å². The van der Waals surface area contributed by atoms with Gasteiger partial charge in [-0.3, -0.25) is 15.0 Å². The number of urea groups is 1. The van der Waals surface area contributed by atoms with Crippen LogP contribution in [0, 0.1) is 5.92 Å². The smallest absolute Gasteiger partial charge is 0.321 e. The van der Waals surface area contributed by atoms with Crippen LogP contribution in [-0.4, -0.2) is 52.2 Å². The molecule has 2 aliphatic carbocycles. The van der Waals surface area contributed by atoms with Crippen LogP contribution in [0.3, 0.4) is 0 Å². The lowest BCUT2D eigenvalue weighted by molar-refractivity contribution is -0.139. The van der Waals surface area contributed by atoms with Crippen LogP contribution >= 0.6 is 11.3 Å². The zero-order valence-corrected chi connectivity index (χ0v) is 15.3. The number of nitrogens with one attached hydrogen (secondary N) is 2. The number of hydrogen-bond donors (Lipinski definition) is 3. The number of carbonyl (C=O) groups excluding carboxylic acids is 1. The van der Waals surface area contributed by atoms with Crippen LogP contribution in [0.25, 0.3) is 0 Å². The molecule has 2 saturated carbocycles. The summed E-state index contributed by atoms with van der Waals surface area (Å²) in [5, 5.41) is 15.4. The average molecular weight is 366 g/mol. The van der Waals surface area contributed by atoms with Crippen molar-refractivity contribution in [2.24, 2.45) is 5.92 Å². The molecule has 2 amide bonds. The quantitative estimate of drug-likeness (QED) is 0.624. The van der Waals surface area contributed by atoms with Crippen molar-refractivity contribution in [1.29, 1.82) is 0 Å². The number of thiazole rings is 1. The van der Waals surface area contributed by atoms with Crippen molar-refractivity contribution in [1.82, 2.24) is 15.2 Å². The Bertz CT molecular complexity index is 611. The highest BCUT2D eigenvalue weighted by molar-refractivity contribution is 7.15. The van der Waals surface area contributed by atoms with E-state index in [2.05, 4.69) is 27.4 Å². The third-order valence-corrected chi connectivity index (χ3v) is 5.74. The summed E-state index contributed by atoms with van der Waals surface area (Å²) in [6, 6.07) is 0.140. The van der Waals surface area contributed by atoms with Gasteiger partial charge in [0.25, 0.3) is 0 Å². The van der Waals surface area contributed by atoms with Gasteiger partial charge in [0.2, 0.25) is 0 Å². The maximum absolute atomic E-state index is 12.1. The largest absolute Gasteiger partial charge is 0.480 e. The standard InChI is InChI=1S/C17H26N4O3S/c1-2-3-14-8-18-17(25-14)20-16(24)19-12-6-13(7-12)21(10-15(22)23)9-11-4-5-11/h8,11-13H,2-7,9-10H2,1H3,(H,22,23)(H2,18,19,20,24). The van der Waals surface area contributed by atoms with Gasteiger partial charge >= 0.3 is 12.0 Å². The number of carboxylic acid groups (broad SMARTS) is 1. The molecule has 0 bridgehead atoms. The third kappa shape index (κ3) is 5.40. The number of anilines is 1. The van der Waals surface area contributed by atoms with E-state index in [4.69, 9.17) is 5.11 Å². The van der Waals surface area contributed by atoms with Gasteiger partial charge < -0.3 is 10.4 Å². The van der Waals surface area contributed by atoms with Gasteiger partial charge in [-0.25, -0.2) is 9.78 Å². The van der Waals surface area contributed by atoms with E-state index in [1.54, 1.807) is 0 Å². The van der Waals surface area contributed by atoms with E-state index >= 15 is 0 Å². The number of aryl methyl sites for hydroxylation is 1. The Hall–Kier alpha value is -1.67. The molecule has 0 atom stereocenters. The summed E-state index contributed by atoms with van der Waals surface area (Å²) in [4.78, 5) is 30.6. The first-order valence-corrected chi connectivity index (χ1v) is 9.83. The van der Waals surface area contributed by atoms with Crippen LogP contribution in [0.15, 0.2) is 6.20 Å². The van der Waals surface area contributed by atoms with Crippen LogP contribution in [0.2, 0.25) is 0 Å². The van der Waals surface area contributed by atoms with Gasteiger partial charge in [-0.2, -0.15) is 0 Å². The molecule has 2 aliphatic rings. The van der Waals surface area contributed by atoms with Gasteiger partial charge in [0.1, 0.15) is 0 Å². The third-order valence-electron chi connectivity index (χ3n) is 4.76. The number of rotatable bonds is 9. The lowest BCUT2D eigenvalue weighted by Crippen LogP contribution is -2.55. The van der Waals surface area contributed by atoms with Crippen LogP contribution in [-0.2, 0) is 11.2 Å². The minimum atomic E-state index is -0.776. The number of carboxylic acids is 1. The van der Waals surface area contributed by atoms with E-state index in [0.717, 1.165) is 32.2 Å². The van der Waals surface area contributed by atoms with Crippen molar-refractivity contribution >= 4 is 28.5 Å². The molecule has 25 heavy (non-hydrogen) atoms. The van der Waals surface area contributed by atoms with E-state index in [0.29, 0.717) is 11.0 Å². The Labute approximate surface area is 151 Å². The lowest BCUT2D eigenvalue weighted by atomic mass is 9.85. The van der Waals surface area contributed by atoms with Crippen molar-refractivity contribution < 1.29 is 14.7 Å². The van der Waals surface area contributed by atoms with Gasteiger partial charge in [-0.1, -0.05) is 13.3 Å². The summed E-state index contributed by atoms with van der Waals surface area (Å²) < 4.78 is 0. The fourth-order valence-corrected chi connectivity index (χ4v) is 4.11. The fraction of sp³-hybridized carbons (Fsp3) is 0.706. The Balaban J connectivity index is 1.40. The highest BCUT2D eigenvalue weighted by Gasteiger charge is 2.37. The van der Waals surface area contributed by atoms with E-state index < -0.39 is 5.97 Å². The maximum Gasteiger partial charge on any atom is 0.321 e. The summed E-state index contributed by atoms with van der Waals surface area (Å²) in [6.07, 6.45) is 7.89. The summed E-state index contributed by atoms with van der Waals surface area (Å²) in [5.74, 6) is -0.113. The van der Waals surface area contributed by atoms with Gasteiger partial charge in [-0.05, 0) is 38.0 Å². The lowest BCUT2D eigenvalue weighted by Gasteiger charge is -2.42. The number of carbonyl (C=O) groups is 2. The molecule has 0 aromatic carbocycles. The normalized spacial score (nSPS) is 22.5. The first kappa shape index (κ1) is 18.1. The summed E-state index contributed by atoms with van der Waals surface area (Å²) >= 11 is 1.51. The summed E-state index contributed by atoms with van der Waals surface area (Å²) in [6.45, 7) is 3.08. The first-order valence-electron chi connectivity index (χ1n) is 9.01. The van der Waals surface area contributed by atoms with E-state index in [-0.39, 0.29) is 24.7 Å². The SMILES string of the molecule is CCCc1cnc(NC(=O)NC2CC(N(CC(=O)O)CC3CC3)C2)s1. The monoisotopic (exact) mass is 366 g/mol. The molecule has 2 fully saturated rings. The number of amides is 2. The second-order valence-corrected chi connectivity index (χ2v) is 8.18. The molecule has 0 aliphatic heterocycles. The Morgan fingerprint density at radius 2 is 2.16 bits per heavy atom. The number of hydrogen-bond acceptors (Lipinski definition) is 5. The van der Waals surface area contributed by atoms with E-state index in [1.165, 1.54) is 29.1 Å². The van der Waals surface area contributed by atoms with E-state index in [1.807, 2.05) is 6.20 Å². The van der Waals surface area contributed by atoms with Crippen molar-refractivity contribution in [3.8, 4) is 0 Å². The van der Waals surface area contributed by atoms with Crippen LogP contribution in [0.1, 0.15) is 43.9 Å². The van der Waals surface area contributed by atoms with Crippen LogP contribution < -0.4 is 10.6 Å². The van der Waals surface area contributed by atoms with Crippen molar-refractivity contribution in [3.63, 3.8) is 0 Å². The van der Waals surface area contributed by atoms with Crippen LogP contribution in [0.4, 0.5) is 9.93 Å². The molecule has 7 nitrogen and oxygen atoms in total. The minimum absolute atomic E-state index is 0.0966. The topological polar surface area (TPSA) is 94.6 Å². The first-order chi connectivity index (χ1) is 12.0. The number of aromatic nitrogens is 1. The molecule has 1 heterocycles. The molecule has 3 N–H and O–H groups in total. The van der Waals surface area contributed by atoms with Crippen LogP contribution in [0.5, 0.6) is 0 Å². The van der Waals surface area contributed by atoms with Crippen molar-refractivity contribution in [2.75, 3.05) is 18.4 Å². The molecular formula is C17H26N4O3S. The molecule has 0 radical (unpaired) electrons. The highest BCUT2D eigenvalue weighted by atomic mass is 32.1. The molecule has 0 spiro atoms. The molecule has 1 aromatic rings. The van der Waals surface area contributed by atoms with Gasteiger partial charge in [0, 0.05) is 29.7 Å². The minimum Gasteiger partial charge on any atom is -0.480 e. The molecule has 0 saturated heterocycles. The predicted octanol–water partition coefficient (Wildman–Crippen LogP) is 2.54. The molecule has 0 unspecified atom stereocenters. The van der Waals surface area contributed by atoms with E-state index in [9.17, 15) is 9.59 Å². The zero-order valence-electron chi connectivity index (χ0n) is 14.5. The Morgan fingerprint density at radius 1 is 1.40 bits per heavy atom. The van der Waals surface area contributed by atoms with Gasteiger partial charge in [0.05, 0.1) is 6.54 Å². The molecule has 8 heteroatoms. The Morgan fingerprint density at radius 3 is 2.80 bits per heavy atom. The molecule has 1 aromatic heterocycles. The second-order valence-electron chi connectivity index (χ2n) is 7.07. The summed E-state index contributed by atoms with van der Waals surface area (Å²) in [7, 11) is 0. The molecular weight excluding hydrogens is 340 g/mol. The fourth-order valence-electron chi connectivity index (χ4n) is 3.20. The number of aliphatic carboxylic acids is 1. The highest BCUT2D eigenvalue weighted by Crippen LogP contribution is 2.33. The van der Waals surface area contributed by atoms with Crippen molar-refractivity contribution in [3.05, 3.63) is 11.1 Å². The summed E-state index contributed by atoms with van der Waals surface area (Å²) in [5.41, 5.74) is 0. The second kappa shape index (κ2) is 8.14.